The fourth-order valence-corrected chi connectivity index (χ4v) is 8.17. The molecule has 1 spiro atoms. The van der Waals surface area contributed by atoms with E-state index in [1.54, 1.807) is 5.57 Å². The Kier molecular flexibility index (Phi) is 3.41. The number of carbonyl (C=O) groups is 1. The van der Waals surface area contributed by atoms with E-state index in [2.05, 4.69) is 13.0 Å². The summed E-state index contributed by atoms with van der Waals surface area (Å²) >= 11 is 0. The van der Waals surface area contributed by atoms with Gasteiger partial charge in [0.05, 0.1) is 0 Å². The van der Waals surface area contributed by atoms with E-state index in [1.165, 1.54) is 44.9 Å². The van der Waals surface area contributed by atoms with Crippen LogP contribution in [0, 0.1) is 45.8 Å². The molecule has 0 amide bonds. The molecule has 146 valence electrons. The quantitative estimate of drug-likeness (QED) is 0.591. The number of nitrogens with one attached hydrogen (secondary N) is 1. The highest BCUT2D eigenvalue weighted by atomic mass is 16.5. The fourth-order valence-electron chi connectivity index (χ4n) is 8.17. The van der Waals surface area contributed by atoms with Gasteiger partial charge in [0.2, 0.25) is 0 Å². The summed E-state index contributed by atoms with van der Waals surface area (Å²) in [5.41, 5.74) is 3.43. The number of hydrogen-bond acceptors (Lipinski definition) is 3. The van der Waals surface area contributed by atoms with Gasteiger partial charge in [-0.15, -0.1) is 0 Å². The standard InChI is InChI=1S/C24H33NO2/c1-23-7-2-3-21(26)27-20-12-17(20)22(23)18-13-24(9-10-24)19-11-14(25)4-5-16(19)15(18)6-8-23/h11,15-18,20,22,25H,2-10,12-13H2,1H3/t15?,16?,17-,18?,20+,22?,23?/m0/s1. The normalized spacial score (nSPS) is 49.9. The van der Waals surface area contributed by atoms with Crippen LogP contribution in [0.4, 0.5) is 0 Å². The first kappa shape index (κ1) is 16.8. The van der Waals surface area contributed by atoms with Crippen LogP contribution in [0.2, 0.25) is 0 Å². The SMILES string of the molecule is CC12CCCC(=O)O[C@@H]3C[C@@H]3C1C1CC3(CC3)C3=CC(=N)CCC3C1CC2. The summed E-state index contributed by atoms with van der Waals surface area (Å²) in [6.45, 7) is 2.56. The van der Waals surface area contributed by atoms with Gasteiger partial charge in [-0.3, -0.25) is 4.79 Å². The highest BCUT2D eigenvalue weighted by molar-refractivity contribution is 5.94. The van der Waals surface area contributed by atoms with Crippen LogP contribution in [-0.4, -0.2) is 17.8 Å². The van der Waals surface area contributed by atoms with Gasteiger partial charge in [-0.2, -0.15) is 0 Å². The van der Waals surface area contributed by atoms with Crippen LogP contribution < -0.4 is 0 Å². The Hall–Kier alpha value is -1.12. The van der Waals surface area contributed by atoms with Crippen molar-refractivity contribution in [1.29, 1.82) is 5.41 Å². The monoisotopic (exact) mass is 367 g/mol. The van der Waals surface area contributed by atoms with E-state index in [9.17, 15) is 4.79 Å². The number of allylic oxidation sites excluding steroid dienone is 2. The molecular formula is C24H33NO2. The molecule has 7 atom stereocenters. The van der Waals surface area contributed by atoms with Gasteiger partial charge in [0.15, 0.2) is 0 Å². The van der Waals surface area contributed by atoms with Crippen molar-refractivity contribution in [3.63, 3.8) is 0 Å². The van der Waals surface area contributed by atoms with Crippen molar-refractivity contribution in [2.75, 3.05) is 0 Å². The molecule has 3 heteroatoms. The third-order valence-corrected chi connectivity index (χ3v) is 9.58. The molecule has 0 aromatic heterocycles. The first-order valence-electron chi connectivity index (χ1n) is 11.5. The summed E-state index contributed by atoms with van der Waals surface area (Å²) in [4.78, 5) is 12.1. The van der Waals surface area contributed by atoms with Crippen molar-refractivity contribution in [3.8, 4) is 0 Å². The maximum Gasteiger partial charge on any atom is 0.306 e. The van der Waals surface area contributed by atoms with Gasteiger partial charge < -0.3 is 10.1 Å². The molecule has 0 bridgehead atoms. The number of esters is 1. The van der Waals surface area contributed by atoms with E-state index < -0.39 is 0 Å². The smallest absolute Gasteiger partial charge is 0.306 e. The average Bonchev–Trinajstić information content (AvgIpc) is 3.54. The summed E-state index contributed by atoms with van der Waals surface area (Å²) in [6, 6.07) is 0. The summed E-state index contributed by atoms with van der Waals surface area (Å²) in [5.74, 6) is 3.84. The topological polar surface area (TPSA) is 50.2 Å². The third kappa shape index (κ3) is 2.45. The molecule has 0 aromatic rings. The van der Waals surface area contributed by atoms with E-state index >= 15 is 0 Å². The second-order valence-electron chi connectivity index (χ2n) is 11.1. The minimum Gasteiger partial charge on any atom is -0.462 e. The molecule has 0 aromatic carbocycles. The Bertz CT molecular complexity index is 735. The maximum absolute atomic E-state index is 12.1. The number of rotatable bonds is 0. The molecule has 5 aliphatic carbocycles. The molecular weight excluding hydrogens is 334 g/mol. The van der Waals surface area contributed by atoms with Crippen molar-refractivity contribution in [2.45, 2.75) is 83.7 Å². The zero-order valence-corrected chi connectivity index (χ0v) is 16.6. The van der Waals surface area contributed by atoms with Crippen molar-refractivity contribution in [3.05, 3.63) is 11.6 Å². The van der Waals surface area contributed by atoms with Crippen LogP contribution in [0.3, 0.4) is 0 Å². The van der Waals surface area contributed by atoms with Gasteiger partial charge in [-0.25, -0.2) is 0 Å². The Morgan fingerprint density at radius 3 is 2.74 bits per heavy atom. The first-order chi connectivity index (χ1) is 13.0. The molecule has 1 heterocycles. The third-order valence-electron chi connectivity index (χ3n) is 9.58. The lowest BCUT2D eigenvalue weighted by Gasteiger charge is -2.57. The minimum atomic E-state index is 0.0552. The minimum absolute atomic E-state index is 0.0552. The van der Waals surface area contributed by atoms with Gasteiger partial charge in [-0.05, 0) is 105 Å². The summed E-state index contributed by atoms with van der Waals surface area (Å²) in [5, 5.41) is 8.24. The maximum atomic E-state index is 12.1. The summed E-state index contributed by atoms with van der Waals surface area (Å²) in [7, 11) is 0. The molecule has 0 radical (unpaired) electrons. The van der Waals surface area contributed by atoms with Crippen molar-refractivity contribution in [2.24, 2.45) is 40.4 Å². The number of hydrogen-bond donors (Lipinski definition) is 1. The van der Waals surface area contributed by atoms with E-state index in [0.29, 0.717) is 23.2 Å². The lowest BCUT2D eigenvalue weighted by Crippen LogP contribution is -2.50. The summed E-state index contributed by atoms with van der Waals surface area (Å²) < 4.78 is 5.83. The second-order valence-corrected chi connectivity index (χ2v) is 11.1. The molecule has 1 saturated heterocycles. The zero-order valence-electron chi connectivity index (χ0n) is 16.6. The van der Waals surface area contributed by atoms with E-state index in [0.717, 1.165) is 48.6 Å². The largest absolute Gasteiger partial charge is 0.462 e. The van der Waals surface area contributed by atoms with Gasteiger partial charge in [-0.1, -0.05) is 12.5 Å². The molecule has 4 saturated carbocycles. The van der Waals surface area contributed by atoms with Crippen LogP contribution in [0.1, 0.15) is 77.6 Å². The van der Waals surface area contributed by atoms with E-state index in [4.69, 9.17) is 10.1 Å². The van der Waals surface area contributed by atoms with Gasteiger partial charge in [0, 0.05) is 18.1 Å². The Balaban J connectivity index is 1.38. The highest BCUT2D eigenvalue weighted by Crippen LogP contribution is 2.71. The van der Waals surface area contributed by atoms with E-state index in [1.807, 2.05) is 0 Å². The van der Waals surface area contributed by atoms with E-state index in [-0.39, 0.29) is 12.1 Å². The zero-order chi connectivity index (χ0) is 18.4. The van der Waals surface area contributed by atoms with Crippen LogP contribution in [0.5, 0.6) is 0 Å². The number of ether oxygens (including phenoxy) is 1. The van der Waals surface area contributed by atoms with Crippen LogP contribution in [0.25, 0.3) is 0 Å². The molecule has 27 heavy (non-hydrogen) atoms. The Morgan fingerprint density at radius 1 is 1.07 bits per heavy atom. The highest BCUT2D eigenvalue weighted by Gasteiger charge is 2.64. The van der Waals surface area contributed by atoms with Crippen LogP contribution in [0.15, 0.2) is 11.6 Å². The average molecular weight is 368 g/mol. The second kappa shape index (κ2) is 5.48. The van der Waals surface area contributed by atoms with Crippen LogP contribution in [-0.2, 0) is 9.53 Å². The Morgan fingerprint density at radius 2 is 1.93 bits per heavy atom. The number of carbonyl (C=O) groups excluding carboxylic acids is 1. The first-order valence-corrected chi connectivity index (χ1v) is 11.5. The molecule has 1 aliphatic heterocycles. The number of fused-ring (bicyclic) bond motifs is 8. The molecule has 1 N–H and O–H groups in total. The Labute approximate surface area is 162 Å². The molecule has 3 nitrogen and oxygen atoms in total. The van der Waals surface area contributed by atoms with Crippen LogP contribution >= 0.6 is 0 Å². The fraction of sp³-hybridized carbons (Fsp3) is 0.833. The molecule has 5 fully saturated rings. The molecule has 6 aliphatic rings. The lowest BCUT2D eigenvalue weighted by atomic mass is 9.47. The van der Waals surface area contributed by atoms with Gasteiger partial charge in [0.1, 0.15) is 6.10 Å². The predicted molar refractivity (Wildman–Crippen MR) is 104 cm³/mol. The van der Waals surface area contributed by atoms with Gasteiger partial charge in [0.25, 0.3) is 0 Å². The van der Waals surface area contributed by atoms with Crippen molar-refractivity contribution >= 4 is 11.7 Å². The lowest BCUT2D eigenvalue weighted by molar-refractivity contribution is -0.145. The van der Waals surface area contributed by atoms with Crippen molar-refractivity contribution in [1.82, 2.24) is 0 Å². The molecule has 5 unspecified atom stereocenters. The summed E-state index contributed by atoms with van der Waals surface area (Å²) in [6.07, 6.45) is 15.5. The molecule has 6 rings (SSSR count). The van der Waals surface area contributed by atoms with Crippen molar-refractivity contribution < 1.29 is 9.53 Å². The van der Waals surface area contributed by atoms with Gasteiger partial charge >= 0.3 is 5.97 Å². The predicted octanol–water partition coefficient (Wildman–Crippen LogP) is 5.29.